The SMILES string of the molecule is CC.Cc1cc[c-]cc1.[W]. The summed E-state index contributed by atoms with van der Waals surface area (Å²) in [4.78, 5) is 0. The minimum atomic E-state index is 0. The van der Waals surface area contributed by atoms with Gasteiger partial charge < -0.3 is 0 Å². The summed E-state index contributed by atoms with van der Waals surface area (Å²) in [6.45, 7) is 6.06. The first kappa shape index (κ1) is 12.6. The molecule has 0 fully saturated rings. The van der Waals surface area contributed by atoms with E-state index in [1.165, 1.54) is 5.56 Å². The zero-order valence-corrected chi connectivity index (χ0v) is 9.65. The van der Waals surface area contributed by atoms with E-state index in [1.807, 2.05) is 38.1 Å². The van der Waals surface area contributed by atoms with E-state index >= 15 is 0 Å². The Balaban J connectivity index is 0. The van der Waals surface area contributed by atoms with Crippen LogP contribution in [0.4, 0.5) is 0 Å². The van der Waals surface area contributed by atoms with Crippen LogP contribution in [0.5, 0.6) is 0 Å². The summed E-state index contributed by atoms with van der Waals surface area (Å²) in [6, 6.07) is 10.8. The first-order chi connectivity index (χ1) is 4.39. The van der Waals surface area contributed by atoms with Crippen molar-refractivity contribution in [3.05, 3.63) is 35.9 Å². The molecular formula is C9H13W-. The van der Waals surface area contributed by atoms with Gasteiger partial charge in [-0.25, -0.2) is 0 Å². The van der Waals surface area contributed by atoms with E-state index in [-0.39, 0.29) is 21.1 Å². The van der Waals surface area contributed by atoms with Gasteiger partial charge in [0.1, 0.15) is 0 Å². The second kappa shape index (κ2) is 8.91. The van der Waals surface area contributed by atoms with Crippen LogP contribution in [0.1, 0.15) is 19.4 Å². The number of aryl methyl sites for hydroxylation is 1. The first-order valence-electron chi connectivity index (χ1n) is 3.32. The Morgan fingerprint density at radius 3 is 1.70 bits per heavy atom. The molecule has 56 valence electrons. The second-order valence-corrected chi connectivity index (χ2v) is 1.58. The molecule has 1 heteroatoms. The van der Waals surface area contributed by atoms with Crippen molar-refractivity contribution in [3.63, 3.8) is 0 Å². The molecule has 0 nitrogen and oxygen atoms in total. The minimum Gasteiger partial charge on any atom is -0.184 e. The van der Waals surface area contributed by atoms with Gasteiger partial charge in [0.25, 0.3) is 0 Å². The molecule has 0 saturated carbocycles. The van der Waals surface area contributed by atoms with E-state index in [1.54, 1.807) is 0 Å². The molecule has 10 heavy (non-hydrogen) atoms. The van der Waals surface area contributed by atoms with Crippen molar-refractivity contribution >= 4 is 0 Å². The summed E-state index contributed by atoms with van der Waals surface area (Å²) >= 11 is 0. The molecule has 0 aliphatic carbocycles. The maximum Gasteiger partial charge on any atom is 0 e. The molecule has 0 atom stereocenters. The molecule has 0 amide bonds. The quantitative estimate of drug-likeness (QED) is 0.647. The fourth-order valence-electron chi connectivity index (χ4n) is 0.470. The third-order valence-electron chi connectivity index (χ3n) is 0.885. The summed E-state index contributed by atoms with van der Waals surface area (Å²) < 4.78 is 0. The van der Waals surface area contributed by atoms with Crippen LogP contribution < -0.4 is 0 Å². The van der Waals surface area contributed by atoms with Gasteiger partial charge >= 0.3 is 0 Å². The minimum absolute atomic E-state index is 0. The summed E-state index contributed by atoms with van der Waals surface area (Å²) in [6.07, 6.45) is 0. The van der Waals surface area contributed by atoms with Crippen molar-refractivity contribution in [1.82, 2.24) is 0 Å². The van der Waals surface area contributed by atoms with Crippen LogP contribution in [0.3, 0.4) is 0 Å². The standard InChI is InChI=1S/C7H7.C2H6.W/c1-7-5-3-2-4-6-7;1-2;/h3-6H,1H3;1-2H3;/q-1;;. The Labute approximate surface area is 77.9 Å². The third-order valence-corrected chi connectivity index (χ3v) is 0.885. The largest absolute Gasteiger partial charge is 0.184 e. The fraction of sp³-hybridized carbons (Fsp3) is 0.333. The predicted octanol–water partition coefficient (Wildman–Crippen LogP) is 2.82. The molecule has 1 rings (SSSR count). The summed E-state index contributed by atoms with van der Waals surface area (Å²) in [5, 5.41) is 0. The molecular weight excluding hydrogens is 292 g/mol. The van der Waals surface area contributed by atoms with Crippen LogP contribution in [0.25, 0.3) is 0 Å². The monoisotopic (exact) mass is 305 g/mol. The van der Waals surface area contributed by atoms with Crippen molar-refractivity contribution in [2.45, 2.75) is 20.8 Å². The number of hydrogen-bond donors (Lipinski definition) is 0. The van der Waals surface area contributed by atoms with Crippen LogP contribution in [0.15, 0.2) is 24.3 Å². The van der Waals surface area contributed by atoms with Gasteiger partial charge in [-0.1, -0.05) is 20.8 Å². The molecule has 1 aromatic carbocycles. The normalized spacial score (nSPS) is 6.70. The van der Waals surface area contributed by atoms with Crippen LogP contribution in [0.2, 0.25) is 0 Å². The molecule has 0 saturated heterocycles. The summed E-state index contributed by atoms with van der Waals surface area (Å²) in [5.74, 6) is 0. The molecule has 0 bridgehead atoms. The number of rotatable bonds is 0. The fourth-order valence-corrected chi connectivity index (χ4v) is 0.470. The third kappa shape index (κ3) is 6.03. The Hall–Kier alpha value is -0.0917. The Morgan fingerprint density at radius 2 is 1.50 bits per heavy atom. The van der Waals surface area contributed by atoms with Crippen molar-refractivity contribution in [2.24, 2.45) is 0 Å². The number of benzene rings is 1. The molecule has 0 heterocycles. The molecule has 0 radical (unpaired) electrons. The van der Waals surface area contributed by atoms with E-state index < -0.39 is 0 Å². The average molecular weight is 305 g/mol. The molecule has 0 aliphatic rings. The number of hydrogen-bond acceptors (Lipinski definition) is 0. The van der Waals surface area contributed by atoms with Crippen molar-refractivity contribution in [1.29, 1.82) is 0 Å². The van der Waals surface area contributed by atoms with Gasteiger partial charge in [0, 0.05) is 21.1 Å². The van der Waals surface area contributed by atoms with Crippen LogP contribution in [-0.4, -0.2) is 0 Å². The van der Waals surface area contributed by atoms with E-state index in [0.717, 1.165) is 0 Å². The Morgan fingerprint density at radius 1 is 1.10 bits per heavy atom. The second-order valence-electron chi connectivity index (χ2n) is 1.58. The molecule has 1 aromatic rings. The van der Waals surface area contributed by atoms with Crippen LogP contribution >= 0.6 is 0 Å². The predicted molar refractivity (Wildman–Crippen MR) is 41.4 cm³/mol. The topological polar surface area (TPSA) is 0 Å². The summed E-state index contributed by atoms with van der Waals surface area (Å²) in [7, 11) is 0. The van der Waals surface area contributed by atoms with Gasteiger partial charge in [-0.3, -0.25) is 0 Å². The maximum absolute atomic E-state index is 2.93. The Kier molecular flexibility index (Phi) is 11.2. The summed E-state index contributed by atoms with van der Waals surface area (Å²) in [5.41, 5.74) is 1.29. The van der Waals surface area contributed by atoms with Crippen LogP contribution in [-0.2, 0) is 21.1 Å². The van der Waals surface area contributed by atoms with Gasteiger partial charge in [-0.15, -0.1) is 0 Å². The molecule has 0 aromatic heterocycles. The molecule has 0 unspecified atom stereocenters. The van der Waals surface area contributed by atoms with Crippen molar-refractivity contribution in [2.75, 3.05) is 0 Å². The van der Waals surface area contributed by atoms with Crippen LogP contribution in [0, 0.1) is 13.0 Å². The molecule has 0 spiro atoms. The smallest absolute Gasteiger partial charge is 0 e. The Bertz CT molecular complexity index is 135. The maximum atomic E-state index is 2.93. The zero-order valence-electron chi connectivity index (χ0n) is 6.72. The van der Waals surface area contributed by atoms with E-state index in [2.05, 4.69) is 13.0 Å². The van der Waals surface area contributed by atoms with E-state index in [4.69, 9.17) is 0 Å². The van der Waals surface area contributed by atoms with Gasteiger partial charge in [0.2, 0.25) is 0 Å². The van der Waals surface area contributed by atoms with Crippen molar-refractivity contribution < 1.29 is 21.1 Å². The zero-order chi connectivity index (χ0) is 7.11. The van der Waals surface area contributed by atoms with E-state index in [9.17, 15) is 0 Å². The molecule has 0 N–H and O–H groups in total. The van der Waals surface area contributed by atoms with E-state index in [0.29, 0.717) is 0 Å². The average Bonchev–Trinajstić information content (AvgIpc) is 1.94. The van der Waals surface area contributed by atoms with Gasteiger partial charge in [-0.2, -0.15) is 35.9 Å². The van der Waals surface area contributed by atoms with Gasteiger partial charge in [0.05, 0.1) is 0 Å². The van der Waals surface area contributed by atoms with Gasteiger partial charge in [0.15, 0.2) is 0 Å². The first-order valence-corrected chi connectivity index (χ1v) is 3.32. The van der Waals surface area contributed by atoms with Gasteiger partial charge in [-0.05, 0) is 0 Å². The van der Waals surface area contributed by atoms with Crippen molar-refractivity contribution in [3.8, 4) is 0 Å². The molecule has 0 aliphatic heterocycles.